The minimum atomic E-state index is -0.217. The van der Waals surface area contributed by atoms with E-state index in [9.17, 15) is 4.79 Å². The molecule has 2 aromatic carbocycles. The van der Waals surface area contributed by atoms with Crippen LogP contribution in [0.25, 0.3) is 0 Å². The summed E-state index contributed by atoms with van der Waals surface area (Å²) in [5.41, 5.74) is 8.26. The third kappa shape index (κ3) is 4.52. The molecule has 0 bridgehead atoms. The first-order valence-corrected chi connectivity index (χ1v) is 7.23. The van der Waals surface area contributed by atoms with E-state index in [-0.39, 0.29) is 17.9 Å². The molecule has 116 valence electrons. The van der Waals surface area contributed by atoms with Gasteiger partial charge >= 0.3 is 0 Å². The Labute approximate surface area is 131 Å². The molecule has 3 N–H and O–H groups in total. The number of carbonyl (C=O) groups is 1. The number of rotatable bonds is 4. The molecule has 2 rings (SSSR count). The van der Waals surface area contributed by atoms with E-state index in [1.54, 1.807) is 24.3 Å². The Hall–Kier alpha value is -2.49. The Morgan fingerprint density at radius 1 is 1.14 bits per heavy atom. The Morgan fingerprint density at radius 2 is 1.82 bits per heavy atom. The Balaban J connectivity index is 1.88. The molecule has 0 radical (unpaired) electrons. The summed E-state index contributed by atoms with van der Waals surface area (Å²) in [6, 6.07) is 14.8. The average molecular weight is 298 g/mol. The van der Waals surface area contributed by atoms with Crippen LogP contribution >= 0.6 is 0 Å². The van der Waals surface area contributed by atoms with Crippen LogP contribution in [0, 0.1) is 0 Å². The lowest BCUT2D eigenvalue weighted by atomic mass is 9.87. The molecule has 0 atom stereocenters. The highest BCUT2D eigenvalue weighted by molar-refractivity contribution is 5.92. The van der Waals surface area contributed by atoms with Gasteiger partial charge < -0.3 is 15.8 Å². The van der Waals surface area contributed by atoms with Crippen LogP contribution in [-0.4, -0.2) is 12.5 Å². The molecule has 0 unspecified atom stereocenters. The lowest BCUT2D eigenvalue weighted by Gasteiger charge is -2.19. The summed E-state index contributed by atoms with van der Waals surface area (Å²) < 4.78 is 5.49. The van der Waals surface area contributed by atoms with Gasteiger partial charge in [0.2, 0.25) is 0 Å². The summed E-state index contributed by atoms with van der Waals surface area (Å²) in [5, 5.41) is 2.74. The van der Waals surface area contributed by atoms with E-state index in [2.05, 4.69) is 26.1 Å². The predicted molar refractivity (Wildman–Crippen MR) is 90.1 cm³/mol. The first kappa shape index (κ1) is 15.9. The van der Waals surface area contributed by atoms with Gasteiger partial charge in [0.05, 0.1) is 0 Å². The maximum atomic E-state index is 11.8. The maximum absolute atomic E-state index is 11.8. The molecule has 0 spiro atoms. The van der Waals surface area contributed by atoms with Crippen LogP contribution in [0.1, 0.15) is 26.3 Å². The van der Waals surface area contributed by atoms with Gasteiger partial charge in [-0.2, -0.15) is 0 Å². The summed E-state index contributed by atoms with van der Waals surface area (Å²) in [4.78, 5) is 11.8. The van der Waals surface area contributed by atoms with E-state index >= 15 is 0 Å². The highest BCUT2D eigenvalue weighted by atomic mass is 16.5. The molecule has 0 aromatic heterocycles. The van der Waals surface area contributed by atoms with Crippen molar-refractivity contribution in [3.63, 3.8) is 0 Å². The summed E-state index contributed by atoms with van der Waals surface area (Å²) in [5.74, 6) is 0.459. The van der Waals surface area contributed by atoms with E-state index in [0.717, 1.165) is 0 Å². The zero-order chi connectivity index (χ0) is 16.2. The quantitative estimate of drug-likeness (QED) is 0.848. The zero-order valence-corrected chi connectivity index (χ0v) is 13.2. The molecule has 0 heterocycles. The summed E-state index contributed by atoms with van der Waals surface area (Å²) >= 11 is 0. The van der Waals surface area contributed by atoms with Gasteiger partial charge in [0.1, 0.15) is 5.75 Å². The minimum absolute atomic E-state index is 0.0380. The first-order valence-electron chi connectivity index (χ1n) is 7.23. The number of anilines is 2. The van der Waals surface area contributed by atoms with Crippen molar-refractivity contribution in [1.29, 1.82) is 0 Å². The van der Waals surface area contributed by atoms with Crippen LogP contribution in [0.5, 0.6) is 5.75 Å². The van der Waals surface area contributed by atoms with Crippen molar-refractivity contribution in [3.8, 4) is 5.75 Å². The van der Waals surface area contributed by atoms with Crippen LogP contribution in [0.15, 0.2) is 48.5 Å². The Bertz CT molecular complexity index is 643. The van der Waals surface area contributed by atoms with Crippen LogP contribution < -0.4 is 15.8 Å². The fourth-order valence-electron chi connectivity index (χ4n) is 2.01. The molecule has 0 aliphatic heterocycles. The second-order valence-corrected chi connectivity index (χ2v) is 6.24. The van der Waals surface area contributed by atoms with Gasteiger partial charge in [-0.15, -0.1) is 0 Å². The zero-order valence-electron chi connectivity index (χ0n) is 13.2. The number of ether oxygens (including phenoxy) is 1. The van der Waals surface area contributed by atoms with E-state index in [1.165, 1.54) is 5.56 Å². The maximum Gasteiger partial charge on any atom is 0.262 e. The van der Waals surface area contributed by atoms with Gasteiger partial charge in [0, 0.05) is 11.4 Å². The van der Waals surface area contributed by atoms with Gasteiger partial charge in [-0.3, -0.25) is 4.79 Å². The molecule has 4 nitrogen and oxygen atoms in total. The van der Waals surface area contributed by atoms with Gasteiger partial charge in [0.15, 0.2) is 6.61 Å². The van der Waals surface area contributed by atoms with Crippen LogP contribution in [0.3, 0.4) is 0 Å². The third-order valence-electron chi connectivity index (χ3n) is 3.26. The molecular weight excluding hydrogens is 276 g/mol. The number of hydrogen-bond acceptors (Lipinski definition) is 3. The summed E-state index contributed by atoms with van der Waals surface area (Å²) in [6.07, 6.45) is 0. The molecule has 0 saturated carbocycles. The van der Waals surface area contributed by atoms with Gasteiger partial charge in [-0.1, -0.05) is 39.0 Å². The van der Waals surface area contributed by atoms with E-state index in [4.69, 9.17) is 10.5 Å². The van der Waals surface area contributed by atoms with E-state index in [0.29, 0.717) is 17.1 Å². The molecule has 0 aliphatic rings. The van der Waals surface area contributed by atoms with Gasteiger partial charge in [-0.25, -0.2) is 0 Å². The molecule has 1 amide bonds. The topological polar surface area (TPSA) is 64.3 Å². The predicted octanol–water partition coefficient (Wildman–Crippen LogP) is 3.58. The Kier molecular flexibility index (Phi) is 4.71. The number of carbonyl (C=O) groups excluding carboxylic acids is 1. The third-order valence-corrected chi connectivity index (χ3v) is 3.26. The monoisotopic (exact) mass is 298 g/mol. The molecule has 22 heavy (non-hydrogen) atoms. The smallest absolute Gasteiger partial charge is 0.262 e. The van der Waals surface area contributed by atoms with Crippen LogP contribution in [0.4, 0.5) is 11.4 Å². The lowest BCUT2D eigenvalue weighted by Crippen LogP contribution is -2.20. The van der Waals surface area contributed by atoms with Gasteiger partial charge in [0.25, 0.3) is 5.91 Å². The van der Waals surface area contributed by atoms with Crippen molar-refractivity contribution >= 4 is 17.3 Å². The highest BCUT2D eigenvalue weighted by Gasteiger charge is 2.13. The Morgan fingerprint density at radius 3 is 2.41 bits per heavy atom. The summed E-state index contributed by atoms with van der Waals surface area (Å²) in [7, 11) is 0. The molecule has 0 aliphatic carbocycles. The molecule has 0 saturated heterocycles. The second kappa shape index (κ2) is 6.52. The lowest BCUT2D eigenvalue weighted by molar-refractivity contribution is -0.118. The fourth-order valence-corrected chi connectivity index (χ4v) is 2.01. The molecular formula is C18H22N2O2. The number of nitrogen functional groups attached to an aromatic ring is 1. The largest absolute Gasteiger partial charge is 0.484 e. The molecule has 4 heteroatoms. The molecule has 0 fully saturated rings. The van der Waals surface area contributed by atoms with Crippen molar-refractivity contribution in [2.75, 3.05) is 17.7 Å². The number of hydrogen-bond donors (Lipinski definition) is 2. The fraction of sp³-hybridized carbons (Fsp3) is 0.278. The highest BCUT2D eigenvalue weighted by Crippen LogP contribution is 2.24. The SMILES string of the molecule is CC(C)(C)c1ccc(OCC(=O)Nc2cccc(N)c2)cc1. The standard InChI is InChI=1S/C18H22N2O2/c1-18(2,3)13-7-9-16(10-8-13)22-12-17(21)20-15-6-4-5-14(19)11-15/h4-11H,12,19H2,1-3H3,(H,20,21). The van der Waals surface area contributed by atoms with E-state index in [1.807, 2.05) is 24.3 Å². The number of amides is 1. The molecule has 2 aromatic rings. The number of nitrogens with two attached hydrogens (primary N) is 1. The van der Waals surface area contributed by atoms with Crippen LogP contribution in [0.2, 0.25) is 0 Å². The van der Waals surface area contributed by atoms with Crippen molar-refractivity contribution in [2.45, 2.75) is 26.2 Å². The number of benzene rings is 2. The average Bonchev–Trinajstić information content (AvgIpc) is 2.45. The van der Waals surface area contributed by atoms with Crippen molar-refractivity contribution in [1.82, 2.24) is 0 Å². The van der Waals surface area contributed by atoms with Crippen molar-refractivity contribution < 1.29 is 9.53 Å². The van der Waals surface area contributed by atoms with Crippen molar-refractivity contribution in [2.24, 2.45) is 0 Å². The van der Waals surface area contributed by atoms with E-state index < -0.39 is 0 Å². The second-order valence-electron chi connectivity index (χ2n) is 6.24. The van der Waals surface area contributed by atoms with Crippen molar-refractivity contribution in [3.05, 3.63) is 54.1 Å². The number of nitrogens with one attached hydrogen (secondary N) is 1. The minimum Gasteiger partial charge on any atom is -0.484 e. The first-order chi connectivity index (χ1) is 10.3. The van der Waals surface area contributed by atoms with Gasteiger partial charge in [-0.05, 0) is 41.3 Å². The summed E-state index contributed by atoms with van der Waals surface area (Å²) in [6.45, 7) is 6.43. The normalized spacial score (nSPS) is 11.0. The van der Waals surface area contributed by atoms with Crippen LogP contribution in [-0.2, 0) is 10.2 Å².